The fourth-order valence-corrected chi connectivity index (χ4v) is 2.47. The zero-order chi connectivity index (χ0) is 16.3. The maximum Gasteiger partial charge on any atom is 0.286 e. The molecule has 1 heterocycles. The van der Waals surface area contributed by atoms with Crippen molar-refractivity contribution in [1.29, 1.82) is 0 Å². The van der Waals surface area contributed by atoms with Gasteiger partial charge in [-0.3, -0.25) is 14.9 Å². The van der Waals surface area contributed by atoms with Crippen LogP contribution in [0.3, 0.4) is 0 Å². The Balaban J connectivity index is 2.40. The number of hydrogen-bond acceptors (Lipinski definition) is 6. The number of carbonyl (C=O) groups is 1. The summed E-state index contributed by atoms with van der Waals surface area (Å²) >= 11 is 0. The summed E-state index contributed by atoms with van der Waals surface area (Å²) in [5, 5.41) is 11.2. The molecule has 8 nitrogen and oxygen atoms in total. The normalized spacial score (nSPS) is 17.4. The molecule has 0 radical (unpaired) electrons. The van der Waals surface area contributed by atoms with E-state index in [0.717, 1.165) is 0 Å². The Morgan fingerprint density at radius 1 is 1.27 bits per heavy atom. The Hall–Kier alpha value is -2.35. The van der Waals surface area contributed by atoms with E-state index in [0.29, 0.717) is 19.5 Å². The highest BCUT2D eigenvalue weighted by Gasteiger charge is 2.32. The van der Waals surface area contributed by atoms with Gasteiger partial charge in [0, 0.05) is 26.3 Å². The number of nitro groups is 1. The van der Waals surface area contributed by atoms with Gasteiger partial charge in [-0.15, -0.1) is 0 Å². The van der Waals surface area contributed by atoms with E-state index >= 15 is 0 Å². The molecule has 1 amide bonds. The van der Waals surface area contributed by atoms with E-state index in [1.165, 1.54) is 26.4 Å². The van der Waals surface area contributed by atoms with Gasteiger partial charge in [-0.05, 0) is 6.42 Å². The maximum atomic E-state index is 12.6. The lowest BCUT2D eigenvalue weighted by atomic mass is 10.1. The number of nitrogens with zero attached hydrogens (tertiary/aromatic N) is 2. The van der Waals surface area contributed by atoms with Crippen LogP contribution in [0.2, 0.25) is 0 Å². The van der Waals surface area contributed by atoms with Crippen LogP contribution in [0.25, 0.3) is 0 Å². The molecule has 1 saturated heterocycles. The number of rotatable bonds is 5. The molecule has 1 atom stereocenters. The molecule has 0 aromatic heterocycles. The first kappa shape index (κ1) is 16.0. The van der Waals surface area contributed by atoms with Crippen molar-refractivity contribution in [2.75, 3.05) is 34.4 Å². The van der Waals surface area contributed by atoms with Gasteiger partial charge in [-0.25, -0.2) is 0 Å². The van der Waals surface area contributed by atoms with Gasteiger partial charge in [-0.2, -0.15) is 0 Å². The third-order valence-corrected chi connectivity index (χ3v) is 3.69. The summed E-state index contributed by atoms with van der Waals surface area (Å²) in [6.45, 7) is 0.920. The maximum absolute atomic E-state index is 12.6. The number of hydrogen-bond donors (Lipinski definition) is 0. The first-order valence-electron chi connectivity index (χ1n) is 6.74. The molecule has 1 aromatic rings. The predicted molar refractivity (Wildman–Crippen MR) is 77.5 cm³/mol. The van der Waals surface area contributed by atoms with E-state index in [1.807, 2.05) is 0 Å². The second-order valence-corrected chi connectivity index (χ2v) is 4.88. The summed E-state index contributed by atoms with van der Waals surface area (Å²) in [6, 6.07) is 2.55. The van der Waals surface area contributed by atoms with Crippen molar-refractivity contribution in [2.45, 2.75) is 12.5 Å². The van der Waals surface area contributed by atoms with Gasteiger partial charge in [0.25, 0.3) is 11.6 Å². The van der Waals surface area contributed by atoms with E-state index in [4.69, 9.17) is 14.2 Å². The molecule has 2 rings (SSSR count). The number of nitro benzene ring substituents is 1. The molecule has 1 unspecified atom stereocenters. The van der Waals surface area contributed by atoms with Crippen LogP contribution in [-0.4, -0.2) is 56.3 Å². The third kappa shape index (κ3) is 2.96. The van der Waals surface area contributed by atoms with Crippen molar-refractivity contribution < 1.29 is 23.9 Å². The molecular weight excluding hydrogens is 292 g/mol. The lowest BCUT2D eigenvalue weighted by Crippen LogP contribution is -2.30. The molecule has 1 aromatic carbocycles. The fourth-order valence-electron chi connectivity index (χ4n) is 2.47. The Kier molecular flexibility index (Phi) is 4.81. The van der Waals surface area contributed by atoms with Crippen molar-refractivity contribution in [2.24, 2.45) is 0 Å². The molecule has 120 valence electrons. The molecular formula is C14H18N2O6. The highest BCUT2D eigenvalue weighted by atomic mass is 16.6. The lowest BCUT2D eigenvalue weighted by Gasteiger charge is -2.17. The van der Waals surface area contributed by atoms with E-state index in [2.05, 4.69) is 0 Å². The average Bonchev–Trinajstić information content (AvgIpc) is 3.01. The largest absolute Gasteiger partial charge is 0.493 e. The first-order chi connectivity index (χ1) is 10.5. The molecule has 0 aliphatic carbocycles. The monoisotopic (exact) mass is 310 g/mol. The van der Waals surface area contributed by atoms with Crippen molar-refractivity contribution in [3.63, 3.8) is 0 Å². The minimum absolute atomic E-state index is 0.0144. The first-order valence-corrected chi connectivity index (χ1v) is 6.74. The second-order valence-electron chi connectivity index (χ2n) is 4.88. The van der Waals surface area contributed by atoms with Crippen molar-refractivity contribution >= 4 is 11.6 Å². The molecule has 1 aliphatic rings. The Morgan fingerprint density at radius 2 is 1.91 bits per heavy atom. The van der Waals surface area contributed by atoms with Gasteiger partial charge < -0.3 is 19.1 Å². The molecule has 0 bridgehead atoms. The van der Waals surface area contributed by atoms with Gasteiger partial charge in [0.2, 0.25) is 0 Å². The van der Waals surface area contributed by atoms with Crippen LogP contribution in [0.1, 0.15) is 16.8 Å². The van der Waals surface area contributed by atoms with Crippen LogP contribution in [0.4, 0.5) is 5.69 Å². The Labute approximate surface area is 127 Å². The van der Waals surface area contributed by atoms with Crippen molar-refractivity contribution in [1.82, 2.24) is 4.90 Å². The summed E-state index contributed by atoms with van der Waals surface area (Å²) < 4.78 is 15.4. The van der Waals surface area contributed by atoms with Crippen molar-refractivity contribution in [3.05, 3.63) is 27.8 Å². The van der Waals surface area contributed by atoms with Crippen LogP contribution in [0.15, 0.2) is 12.1 Å². The summed E-state index contributed by atoms with van der Waals surface area (Å²) in [5.74, 6) is 0.0769. The van der Waals surface area contributed by atoms with E-state index in [-0.39, 0.29) is 28.9 Å². The number of amides is 1. The molecule has 0 saturated carbocycles. The van der Waals surface area contributed by atoms with Crippen LogP contribution in [0, 0.1) is 10.1 Å². The van der Waals surface area contributed by atoms with Crippen LogP contribution >= 0.6 is 0 Å². The number of carbonyl (C=O) groups excluding carboxylic acids is 1. The highest BCUT2D eigenvalue weighted by molar-refractivity contribution is 5.99. The molecule has 0 N–H and O–H groups in total. The molecule has 1 aliphatic heterocycles. The van der Waals surface area contributed by atoms with Gasteiger partial charge in [0.1, 0.15) is 5.56 Å². The smallest absolute Gasteiger partial charge is 0.286 e. The van der Waals surface area contributed by atoms with Gasteiger partial charge in [0.15, 0.2) is 11.5 Å². The van der Waals surface area contributed by atoms with E-state index in [9.17, 15) is 14.9 Å². The summed E-state index contributed by atoms with van der Waals surface area (Å²) in [5.41, 5.74) is -0.317. The predicted octanol–water partition coefficient (Wildman–Crippen LogP) is 1.47. The zero-order valence-corrected chi connectivity index (χ0v) is 12.7. The molecule has 0 spiro atoms. The Morgan fingerprint density at radius 3 is 2.41 bits per heavy atom. The van der Waals surface area contributed by atoms with Crippen LogP contribution < -0.4 is 9.47 Å². The highest BCUT2D eigenvalue weighted by Crippen LogP contribution is 2.35. The summed E-state index contributed by atoms with van der Waals surface area (Å²) in [6.07, 6.45) is 0.673. The minimum atomic E-state index is -0.598. The number of likely N-dealkylation sites (tertiary alicyclic amines) is 1. The summed E-state index contributed by atoms with van der Waals surface area (Å²) in [4.78, 5) is 24.8. The molecule has 22 heavy (non-hydrogen) atoms. The van der Waals surface area contributed by atoms with Gasteiger partial charge in [-0.1, -0.05) is 0 Å². The Bertz CT molecular complexity index is 589. The fraction of sp³-hybridized carbons (Fsp3) is 0.500. The quantitative estimate of drug-likeness (QED) is 0.604. The van der Waals surface area contributed by atoms with Crippen molar-refractivity contribution in [3.8, 4) is 11.5 Å². The van der Waals surface area contributed by atoms with E-state index < -0.39 is 10.8 Å². The minimum Gasteiger partial charge on any atom is -0.493 e. The van der Waals surface area contributed by atoms with Crippen LogP contribution in [0.5, 0.6) is 11.5 Å². The molecule has 8 heteroatoms. The third-order valence-electron chi connectivity index (χ3n) is 3.69. The zero-order valence-electron chi connectivity index (χ0n) is 12.7. The topological polar surface area (TPSA) is 91.1 Å². The van der Waals surface area contributed by atoms with Gasteiger partial charge in [0.05, 0.1) is 31.3 Å². The number of benzene rings is 1. The number of methoxy groups -OCH3 is 3. The number of ether oxygens (including phenoxy) is 3. The average molecular weight is 310 g/mol. The molecule has 1 fully saturated rings. The SMILES string of the molecule is COc1cc(C(=O)N2CCC(OC)C2)c([N+](=O)[O-])cc1OC. The lowest BCUT2D eigenvalue weighted by molar-refractivity contribution is -0.385. The second kappa shape index (κ2) is 6.61. The van der Waals surface area contributed by atoms with E-state index in [1.54, 1.807) is 12.0 Å². The van der Waals surface area contributed by atoms with Gasteiger partial charge >= 0.3 is 0 Å². The summed E-state index contributed by atoms with van der Waals surface area (Å²) in [7, 11) is 4.37. The van der Waals surface area contributed by atoms with Crippen LogP contribution in [-0.2, 0) is 4.74 Å². The standard InChI is InChI=1S/C14H18N2O6/c1-20-9-4-5-15(8-9)14(17)10-6-12(21-2)13(22-3)7-11(10)16(18)19/h6-7,9H,4-5,8H2,1-3H3.